The Morgan fingerprint density at radius 2 is 2.06 bits per heavy atom. The average molecular weight is 360 g/mol. The summed E-state index contributed by atoms with van der Waals surface area (Å²) in [4.78, 5) is 0. The summed E-state index contributed by atoms with van der Waals surface area (Å²) in [5.41, 5.74) is 8.27. The van der Waals surface area contributed by atoms with Crippen LogP contribution >= 0.6 is 31.9 Å². The van der Waals surface area contributed by atoms with Gasteiger partial charge in [0.25, 0.3) is 0 Å². The number of hydrogen-bond donors (Lipinski definition) is 1. The van der Waals surface area contributed by atoms with Gasteiger partial charge in [-0.25, -0.2) is 4.68 Å². The van der Waals surface area contributed by atoms with Crippen LogP contribution in [0.2, 0.25) is 0 Å². The second kappa shape index (κ2) is 5.29. The highest BCUT2D eigenvalue weighted by atomic mass is 79.9. The molecule has 0 spiro atoms. The van der Waals surface area contributed by atoms with Gasteiger partial charge in [-0.15, -0.1) is 5.10 Å². The Kier molecular flexibility index (Phi) is 3.96. The molecule has 0 aliphatic heterocycles. The van der Waals surface area contributed by atoms with E-state index in [0.717, 1.165) is 16.6 Å². The van der Waals surface area contributed by atoms with Gasteiger partial charge < -0.3 is 5.73 Å². The van der Waals surface area contributed by atoms with Gasteiger partial charge in [-0.1, -0.05) is 39.3 Å². The van der Waals surface area contributed by atoms with Gasteiger partial charge in [0.05, 0.1) is 11.7 Å². The second-order valence-electron chi connectivity index (χ2n) is 3.79. The van der Waals surface area contributed by atoms with Crippen molar-refractivity contribution in [3.05, 3.63) is 44.6 Å². The van der Waals surface area contributed by atoms with Gasteiger partial charge in [0.15, 0.2) is 4.60 Å². The van der Waals surface area contributed by atoms with E-state index in [-0.39, 0.29) is 6.04 Å². The van der Waals surface area contributed by atoms with Crippen LogP contribution in [0.15, 0.2) is 33.3 Å². The Labute approximate surface area is 116 Å². The van der Waals surface area contributed by atoms with Crippen molar-refractivity contribution in [1.29, 1.82) is 0 Å². The van der Waals surface area contributed by atoms with Crippen LogP contribution in [0.4, 0.5) is 0 Å². The predicted octanol–water partition coefficient (Wildman–Crippen LogP) is 2.58. The molecule has 0 fully saturated rings. The van der Waals surface area contributed by atoms with E-state index in [1.54, 1.807) is 4.68 Å². The highest BCUT2D eigenvalue weighted by molar-refractivity contribution is 9.10. The van der Waals surface area contributed by atoms with Crippen LogP contribution in [0.3, 0.4) is 0 Å². The number of nitrogens with zero attached hydrogens (tertiary/aromatic N) is 3. The van der Waals surface area contributed by atoms with E-state index in [9.17, 15) is 0 Å². The van der Waals surface area contributed by atoms with Gasteiger partial charge in [-0.05, 0) is 34.0 Å². The third-order valence-electron chi connectivity index (χ3n) is 2.58. The third-order valence-corrected chi connectivity index (χ3v) is 3.91. The summed E-state index contributed by atoms with van der Waals surface area (Å²) in [7, 11) is 1.84. The standard InChI is InChI=1S/C11H12Br2N4/c1-17-10(11(13)15-16-17)9(14)6-7-4-2-3-5-8(7)12/h2-5,9H,6,14H2,1H3. The summed E-state index contributed by atoms with van der Waals surface area (Å²) in [5, 5.41) is 7.87. The van der Waals surface area contributed by atoms with E-state index in [0.29, 0.717) is 4.60 Å². The van der Waals surface area contributed by atoms with Crippen molar-refractivity contribution in [2.75, 3.05) is 0 Å². The molecule has 0 saturated heterocycles. The first-order chi connectivity index (χ1) is 8.09. The Balaban J connectivity index is 2.23. The lowest BCUT2D eigenvalue weighted by Crippen LogP contribution is -2.17. The van der Waals surface area contributed by atoms with Gasteiger partial charge in [0.2, 0.25) is 0 Å². The van der Waals surface area contributed by atoms with Crippen molar-refractivity contribution >= 4 is 31.9 Å². The number of hydrogen-bond acceptors (Lipinski definition) is 3. The summed E-state index contributed by atoms with van der Waals surface area (Å²) in [6, 6.07) is 7.92. The lowest BCUT2D eigenvalue weighted by Gasteiger charge is -2.13. The van der Waals surface area contributed by atoms with E-state index >= 15 is 0 Å². The molecule has 1 unspecified atom stereocenters. The molecule has 0 saturated carbocycles. The molecule has 90 valence electrons. The molecule has 2 rings (SSSR count). The number of benzene rings is 1. The summed E-state index contributed by atoms with van der Waals surface area (Å²) in [6.07, 6.45) is 0.737. The van der Waals surface area contributed by atoms with Crippen molar-refractivity contribution in [3.63, 3.8) is 0 Å². The van der Waals surface area contributed by atoms with Crippen molar-refractivity contribution in [3.8, 4) is 0 Å². The molecule has 0 aliphatic rings. The summed E-state index contributed by atoms with van der Waals surface area (Å²) < 4.78 is 3.48. The third kappa shape index (κ3) is 2.75. The molecule has 2 N–H and O–H groups in total. The van der Waals surface area contributed by atoms with E-state index in [1.807, 2.05) is 25.2 Å². The van der Waals surface area contributed by atoms with E-state index in [2.05, 4.69) is 48.2 Å². The lowest BCUT2D eigenvalue weighted by molar-refractivity contribution is 0.605. The van der Waals surface area contributed by atoms with Crippen molar-refractivity contribution in [2.24, 2.45) is 12.8 Å². The largest absolute Gasteiger partial charge is 0.322 e. The maximum absolute atomic E-state index is 6.19. The zero-order valence-electron chi connectivity index (χ0n) is 9.27. The van der Waals surface area contributed by atoms with Crippen LogP contribution in [-0.4, -0.2) is 15.0 Å². The smallest absolute Gasteiger partial charge is 0.153 e. The molecule has 1 aromatic heterocycles. The molecule has 2 aromatic rings. The fraction of sp³-hybridized carbons (Fsp3) is 0.273. The van der Waals surface area contributed by atoms with Crippen LogP contribution in [0.1, 0.15) is 17.3 Å². The first kappa shape index (κ1) is 12.7. The number of aromatic nitrogens is 3. The summed E-state index contributed by atoms with van der Waals surface area (Å²) in [5.74, 6) is 0. The highest BCUT2D eigenvalue weighted by Crippen LogP contribution is 2.25. The predicted molar refractivity (Wildman–Crippen MR) is 73.5 cm³/mol. The first-order valence-corrected chi connectivity index (χ1v) is 6.72. The molecular formula is C11H12Br2N4. The number of halogens is 2. The molecule has 1 atom stereocenters. The van der Waals surface area contributed by atoms with Gasteiger partial charge in [-0.2, -0.15) is 0 Å². The highest BCUT2D eigenvalue weighted by Gasteiger charge is 2.17. The summed E-state index contributed by atoms with van der Waals surface area (Å²) in [6.45, 7) is 0. The van der Waals surface area contributed by atoms with Gasteiger partial charge in [-0.3, -0.25) is 0 Å². The van der Waals surface area contributed by atoms with E-state index < -0.39 is 0 Å². The normalized spacial score (nSPS) is 12.7. The quantitative estimate of drug-likeness (QED) is 0.916. The topological polar surface area (TPSA) is 56.7 Å². The van der Waals surface area contributed by atoms with Gasteiger partial charge >= 0.3 is 0 Å². The van der Waals surface area contributed by atoms with Crippen molar-refractivity contribution in [1.82, 2.24) is 15.0 Å². The zero-order chi connectivity index (χ0) is 12.4. The van der Waals surface area contributed by atoms with E-state index in [1.165, 1.54) is 5.56 Å². The lowest BCUT2D eigenvalue weighted by atomic mass is 10.0. The maximum atomic E-state index is 6.19. The molecule has 1 heterocycles. The second-order valence-corrected chi connectivity index (χ2v) is 5.40. The van der Waals surface area contributed by atoms with Crippen LogP contribution in [-0.2, 0) is 13.5 Å². The number of aryl methyl sites for hydroxylation is 1. The van der Waals surface area contributed by atoms with E-state index in [4.69, 9.17) is 5.73 Å². The molecule has 0 amide bonds. The minimum atomic E-state index is -0.136. The molecule has 6 heteroatoms. The SMILES string of the molecule is Cn1nnc(Br)c1C(N)Cc1ccccc1Br. The van der Waals surface area contributed by atoms with Crippen LogP contribution in [0, 0.1) is 0 Å². The molecule has 0 aliphatic carbocycles. The zero-order valence-corrected chi connectivity index (χ0v) is 12.4. The van der Waals surface area contributed by atoms with Crippen LogP contribution in [0.5, 0.6) is 0 Å². The maximum Gasteiger partial charge on any atom is 0.153 e. The fourth-order valence-corrected chi connectivity index (χ4v) is 2.80. The Bertz CT molecular complexity index is 504. The Morgan fingerprint density at radius 3 is 2.65 bits per heavy atom. The van der Waals surface area contributed by atoms with Gasteiger partial charge in [0, 0.05) is 11.5 Å². The van der Waals surface area contributed by atoms with Gasteiger partial charge in [0.1, 0.15) is 0 Å². The minimum absolute atomic E-state index is 0.136. The average Bonchev–Trinajstić information content (AvgIpc) is 2.62. The molecular weight excluding hydrogens is 348 g/mol. The molecule has 17 heavy (non-hydrogen) atoms. The summed E-state index contributed by atoms with van der Waals surface area (Å²) >= 11 is 6.88. The fourth-order valence-electron chi connectivity index (χ4n) is 1.73. The van der Waals surface area contributed by atoms with Crippen molar-refractivity contribution in [2.45, 2.75) is 12.5 Å². The van der Waals surface area contributed by atoms with Crippen LogP contribution < -0.4 is 5.73 Å². The monoisotopic (exact) mass is 358 g/mol. The number of rotatable bonds is 3. The Hall–Kier alpha value is -0.720. The molecule has 1 aromatic carbocycles. The molecule has 0 bridgehead atoms. The molecule has 4 nitrogen and oxygen atoms in total. The Morgan fingerprint density at radius 1 is 1.35 bits per heavy atom. The van der Waals surface area contributed by atoms with Crippen LogP contribution in [0.25, 0.3) is 0 Å². The molecule has 0 radical (unpaired) electrons. The van der Waals surface area contributed by atoms with Crippen molar-refractivity contribution < 1.29 is 0 Å². The first-order valence-electron chi connectivity index (χ1n) is 5.13. The minimum Gasteiger partial charge on any atom is -0.322 e. The number of nitrogens with two attached hydrogens (primary N) is 1.